The molecule has 3 heterocycles. The van der Waals surface area contributed by atoms with Crippen molar-refractivity contribution in [2.45, 2.75) is 45.1 Å². The minimum Gasteiger partial charge on any atom is -0.341 e. The number of rotatable bonds is 4. The number of imidazole rings is 1. The second-order valence-electron chi connectivity index (χ2n) is 7.08. The number of hydrogen-bond acceptors (Lipinski definition) is 3. The van der Waals surface area contributed by atoms with Crippen LogP contribution in [0.5, 0.6) is 0 Å². The van der Waals surface area contributed by atoms with Crippen LogP contribution in [0.4, 0.5) is 0 Å². The lowest BCUT2D eigenvalue weighted by molar-refractivity contribution is -0.135. The first-order chi connectivity index (χ1) is 12.7. The molecule has 1 atom stereocenters. The van der Waals surface area contributed by atoms with Gasteiger partial charge in [-0.1, -0.05) is 19.1 Å². The molecule has 1 fully saturated rings. The SMILES string of the molecule is CCc1cn[nH]c1C1CCN(C(=O)[C@H](C)n2cnc3ccccc32)CC1. The van der Waals surface area contributed by atoms with E-state index in [-0.39, 0.29) is 11.9 Å². The van der Waals surface area contributed by atoms with E-state index in [4.69, 9.17) is 0 Å². The fraction of sp³-hybridized carbons (Fsp3) is 0.450. The summed E-state index contributed by atoms with van der Waals surface area (Å²) in [6.45, 7) is 5.71. The molecule has 26 heavy (non-hydrogen) atoms. The summed E-state index contributed by atoms with van der Waals surface area (Å²) in [6, 6.07) is 7.71. The molecule has 0 aliphatic carbocycles. The number of amides is 1. The van der Waals surface area contributed by atoms with Crippen molar-refractivity contribution >= 4 is 16.9 Å². The van der Waals surface area contributed by atoms with Gasteiger partial charge in [0.2, 0.25) is 5.91 Å². The second-order valence-corrected chi connectivity index (χ2v) is 7.08. The number of fused-ring (bicyclic) bond motifs is 1. The normalized spacial score (nSPS) is 16.9. The van der Waals surface area contributed by atoms with Gasteiger partial charge in [0, 0.05) is 24.7 Å². The van der Waals surface area contributed by atoms with Crippen LogP contribution in [0.1, 0.15) is 49.9 Å². The van der Waals surface area contributed by atoms with Crippen molar-refractivity contribution in [1.29, 1.82) is 0 Å². The lowest BCUT2D eigenvalue weighted by Crippen LogP contribution is -2.41. The first-order valence-electron chi connectivity index (χ1n) is 9.41. The Kier molecular flexibility index (Phi) is 4.49. The van der Waals surface area contributed by atoms with Crippen molar-refractivity contribution in [3.05, 3.63) is 48.0 Å². The zero-order chi connectivity index (χ0) is 18.1. The summed E-state index contributed by atoms with van der Waals surface area (Å²) in [5.41, 5.74) is 4.49. The van der Waals surface area contributed by atoms with E-state index in [1.54, 1.807) is 6.33 Å². The molecule has 1 aliphatic rings. The molecule has 6 heteroatoms. The molecule has 4 rings (SSSR count). The molecule has 0 radical (unpaired) electrons. The number of likely N-dealkylation sites (tertiary alicyclic amines) is 1. The second kappa shape index (κ2) is 6.94. The maximum absolute atomic E-state index is 13.0. The largest absolute Gasteiger partial charge is 0.341 e. The summed E-state index contributed by atoms with van der Waals surface area (Å²) < 4.78 is 1.98. The summed E-state index contributed by atoms with van der Waals surface area (Å²) in [4.78, 5) is 19.4. The molecule has 2 aromatic heterocycles. The summed E-state index contributed by atoms with van der Waals surface area (Å²) in [5.74, 6) is 0.646. The highest BCUT2D eigenvalue weighted by Gasteiger charge is 2.29. The molecule has 0 bridgehead atoms. The van der Waals surface area contributed by atoms with Crippen LogP contribution in [0.25, 0.3) is 11.0 Å². The molecule has 0 unspecified atom stereocenters. The predicted octanol–water partition coefficient (Wildman–Crippen LogP) is 3.29. The van der Waals surface area contributed by atoms with E-state index >= 15 is 0 Å². The van der Waals surface area contributed by atoms with Gasteiger partial charge in [-0.3, -0.25) is 9.89 Å². The number of benzene rings is 1. The van der Waals surface area contributed by atoms with E-state index in [0.29, 0.717) is 5.92 Å². The highest BCUT2D eigenvalue weighted by atomic mass is 16.2. The van der Waals surface area contributed by atoms with Crippen LogP contribution in [-0.4, -0.2) is 43.6 Å². The smallest absolute Gasteiger partial charge is 0.245 e. The third kappa shape index (κ3) is 2.89. The van der Waals surface area contributed by atoms with E-state index in [1.807, 2.05) is 46.9 Å². The lowest BCUT2D eigenvalue weighted by atomic mass is 9.90. The van der Waals surface area contributed by atoms with E-state index in [2.05, 4.69) is 22.1 Å². The first-order valence-corrected chi connectivity index (χ1v) is 9.41. The Morgan fingerprint density at radius 2 is 2.08 bits per heavy atom. The molecule has 1 amide bonds. The highest BCUT2D eigenvalue weighted by molar-refractivity contribution is 5.83. The third-order valence-corrected chi connectivity index (χ3v) is 5.60. The molecule has 3 aromatic rings. The molecular formula is C20H25N5O. The maximum Gasteiger partial charge on any atom is 0.245 e. The average Bonchev–Trinajstić information content (AvgIpc) is 3.33. The monoisotopic (exact) mass is 351 g/mol. The topological polar surface area (TPSA) is 66.8 Å². The van der Waals surface area contributed by atoms with Gasteiger partial charge in [0.05, 0.1) is 23.6 Å². The number of nitrogens with zero attached hydrogens (tertiary/aromatic N) is 4. The lowest BCUT2D eigenvalue weighted by Gasteiger charge is -2.33. The molecule has 0 saturated carbocycles. The van der Waals surface area contributed by atoms with Crippen molar-refractivity contribution in [2.24, 2.45) is 0 Å². The summed E-state index contributed by atoms with van der Waals surface area (Å²) >= 11 is 0. The van der Waals surface area contributed by atoms with E-state index in [9.17, 15) is 4.79 Å². The highest BCUT2D eigenvalue weighted by Crippen LogP contribution is 2.30. The Bertz CT molecular complexity index is 904. The standard InChI is InChI=1S/C20H25N5O/c1-3-15-12-22-23-19(15)16-8-10-24(11-9-16)20(26)14(2)25-13-21-17-6-4-5-7-18(17)25/h4-7,12-14,16H,3,8-11H2,1-2H3,(H,22,23)/t14-/m0/s1. The summed E-state index contributed by atoms with van der Waals surface area (Å²) in [7, 11) is 0. The number of hydrogen-bond donors (Lipinski definition) is 1. The third-order valence-electron chi connectivity index (χ3n) is 5.60. The molecule has 0 spiro atoms. The quantitative estimate of drug-likeness (QED) is 0.784. The van der Waals surface area contributed by atoms with Crippen LogP contribution >= 0.6 is 0 Å². The van der Waals surface area contributed by atoms with Crippen molar-refractivity contribution in [3.63, 3.8) is 0 Å². The van der Waals surface area contributed by atoms with Gasteiger partial charge < -0.3 is 9.47 Å². The number of aromatic nitrogens is 4. The maximum atomic E-state index is 13.0. The van der Waals surface area contributed by atoms with Crippen LogP contribution in [0.3, 0.4) is 0 Å². The molecule has 136 valence electrons. The van der Waals surface area contributed by atoms with Gasteiger partial charge in [-0.05, 0) is 43.9 Å². The Hall–Kier alpha value is -2.63. The van der Waals surface area contributed by atoms with E-state index in [1.165, 1.54) is 11.3 Å². The van der Waals surface area contributed by atoms with Crippen molar-refractivity contribution in [2.75, 3.05) is 13.1 Å². The Labute approximate surface area is 153 Å². The zero-order valence-electron chi connectivity index (χ0n) is 15.4. The van der Waals surface area contributed by atoms with Crippen LogP contribution in [0.2, 0.25) is 0 Å². The molecule has 1 saturated heterocycles. The Morgan fingerprint density at radius 1 is 1.31 bits per heavy atom. The van der Waals surface area contributed by atoms with Crippen molar-refractivity contribution in [1.82, 2.24) is 24.6 Å². The average molecular weight is 351 g/mol. The Morgan fingerprint density at radius 3 is 2.85 bits per heavy atom. The molecule has 1 aromatic carbocycles. The fourth-order valence-electron chi connectivity index (χ4n) is 4.01. The zero-order valence-corrected chi connectivity index (χ0v) is 15.4. The number of carbonyl (C=O) groups excluding carboxylic acids is 1. The van der Waals surface area contributed by atoms with Crippen LogP contribution in [0, 0.1) is 0 Å². The number of piperidine rings is 1. The molecular weight excluding hydrogens is 326 g/mol. The van der Waals surface area contributed by atoms with Crippen LogP contribution in [0.15, 0.2) is 36.8 Å². The van der Waals surface area contributed by atoms with E-state index in [0.717, 1.165) is 43.4 Å². The molecule has 1 aliphatic heterocycles. The predicted molar refractivity (Wildman–Crippen MR) is 101 cm³/mol. The minimum absolute atomic E-state index is 0.173. The number of aryl methyl sites for hydroxylation is 1. The number of H-pyrrole nitrogens is 1. The van der Waals surface area contributed by atoms with Gasteiger partial charge in [0.15, 0.2) is 0 Å². The van der Waals surface area contributed by atoms with Crippen LogP contribution < -0.4 is 0 Å². The van der Waals surface area contributed by atoms with Gasteiger partial charge in [-0.2, -0.15) is 5.10 Å². The summed E-state index contributed by atoms with van der Waals surface area (Å²) in [5, 5.41) is 7.37. The number of aromatic amines is 1. The van der Waals surface area contributed by atoms with Gasteiger partial charge in [-0.25, -0.2) is 4.98 Å². The van der Waals surface area contributed by atoms with Gasteiger partial charge in [0.1, 0.15) is 6.04 Å². The van der Waals surface area contributed by atoms with Gasteiger partial charge in [-0.15, -0.1) is 0 Å². The van der Waals surface area contributed by atoms with E-state index < -0.39 is 0 Å². The number of carbonyl (C=O) groups is 1. The van der Waals surface area contributed by atoms with Crippen LogP contribution in [-0.2, 0) is 11.2 Å². The Balaban J connectivity index is 1.45. The van der Waals surface area contributed by atoms with Crippen molar-refractivity contribution < 1.29 is 4.79 Å². The number of para-hydroxylation sites is 2. The van der Waals surface area contributed by atoms with Gasteiger partial charge in [0.25, 0.3) is 0 Å². The molecule has 6 nitrogen and oxygen atoms in total. The van der Waals surface area contributed by atoms with Crippen molar-refractivity contribution in [3.8, 4) is 0 Å². The fourth-order valence-corrected chi connectivity index (χ4v) is 4.01. The summed E-state index contributed by atoms with van der Waals surface area (Å²) in [6.07, 6.45) is 6.67. The number of nitrogens with one attached hydrogen (secondary N) is 1. The minimum atomic E-state index is -0.239. The van der Waals surface area contributed by atoms with Gasteiger partial charge >= 0.3 is 0 Å². The molecule has 1 N–H and O–H groups in total. The first kappa shape index (κ1) is 16.8.